The Kier molecular flexibility index (Phi) is 7.07. The molecule has 6 nitrogen and oxygen atoms in total. The second-order valence-electron chi connectivity index (χ2n) is 8.65. The molecule has 1 atom stereocenters. The number of hydrogen-bond donors (Lipinski definition) is 0. The second-order valence-corrected chi connectivity index (χ2v) is 8.65. The summed E-state index contributed by atoms with van der Waals surface area (Å²) in [6, 6.07) is 11.9. The number of rotatable bonds is 6. The van der Waals surface area contributed by atoms with Gasteiger partial charge in [-0.3, -0.25) is 9.69 Å². The maximum Gasteiger partial charge on any atom is 0.253 e. The van der Waals surface area contributed by atoms with E-state index >= 15 is 0 Å². The van der Waals surface area contributed by atoms with E-state index < -0.39 is 0 Å². The van der Waals surface area contributed by atoms with E-state index in [0.717, 1.165) is 74.9 Å². The van der Waals surface area contributed by atoms with Crippen molar-refractivity contribution in [2.45, 2.75) is 26.7 Å². The number of pyridine rings is 1. The second kappa shape index (κ2) is 10.1. The quantitative estimate of drug-likeness (QED) is 0.714. The zero-order valence-corrected chi connectivity index (χ0v) is 18.8. The summed E-state index contributed by atoms with van der Waals surface area (Å²) in [5, 5.41) is 0. The van der Waals surface area contributed by atoms with Crippen molar-refractivity contribution in [3.63, 3.8) is 0 Å². The van der Waals surface area contributed by atoms with Crippen LogP contribution < -0.4 is 9.64 Å². The summed E-state index contributed by atoms with van der Waals surface area (Å²) in [5.41, 5.74) is 1.79. The van der Waals surface area contributed by atoms with Crippen LogP contribution in [0.5, 0.6) is 5.75 Å². The van der Waals surface area contributed by atoms with Crippen molar-refractivity contribution in [2.24, 2.45) is 5.92 Å². The number of hydrogen-bond acceptors (Lipinski definition) is 5. The number of ether oxygens (including phenoxy) is 1. The first-order chi connectivity index (χ1) is 15.1. The number of piperidine rings is 1. The van der Waals surface area contributed by atoms with Gasteiger partial charge in [-0.2, -0.15) is 0 Å². The first-order valence-corrected chi connectivity index (χ1v) is 11.5. The standard InChI is InChI=1S/C25H34N4O2/c1-3-31-23-10-9-22(17-20(23)2)25(30)29-12-6-7-21(19-29)18-27-13-15-28(16-14-27)24-8-4-5-11-26-24/h4-5,8-11,17,21H,3,6-7,12-16,18-19H2,1-2H3. The lowest BCUT2D eigenvalue weighted by molar-refractivity contribution is 0.0637. The monoisotopic (exact) mass is 422 g/mol. The van der Waals surface area contributed by atoms with Crippen LogP contribution in [0.3, 0.4) is 0 Å². The van der Waals surface area contributed by atoms with Gasteiger partial charge in [-0.15, -0.1) is 0 Å². The Labute approximate surface area is 185 Å². The number of amides is 1. The lowest BCUT2D eigenvalue weighted by Gasteiger charge is -2.39. The van der Waals surface area contributed by atoms with E-state index in [1.807, 2.05) is 55.3 Å². The molecule has 0 radical (unpaired) electrons. The van der Waals surface area contributed by atoms with E-state index in [0.29, 0.717) is 12.5 Å². The predicted octanol–water partition coefficient (Wildman–Crippen LogP) is 3.46. The molecule has 2 saturated heterocycles. The molecule has 2 aliphatic rings. The highest BCUT2D eigenvalue weighted by Crippen LogP contribution is 2.24. The largest absolute Gasteiger partial charge is 0.494 e. The molecule has 0 spiro atoms. The average Bonchev–Trinajstić information content (AvgIpc) is 2.81. The minimum atomic E-state index is 0.149. The maximum absolute atomic E-state index is 13.1. The van der Waals surface area contributed by atoms with Gasteiger partial charge in [0.1, 0.15) is 11.6 Å². The van der Waals surface area contributed by atoms with Gasteiger partial charge in [-0.25, -0.2) is 4.98 Å². The number of benzene rings is 1. The molecule has 0 bridgehead atoms. The Morgan fingerprint density at radius 3 is 2.68 bits per heavy atom. The maximum atomic E-state index is 13.1. The van der Waals surface area contributed by atoms with Crippen molar-refractivity contribution < 1.29 is 9.53 Å². The molecule has 0 N–H and O–H groups in total. The molecule has 3 heterocycles. The topological polar surface area (TPSA) is 48.9 Å². The molecule has 4 rings (SSSR count). The summed E-state index contributed by atoms with van der Waals surface area (Å²) < 4.78 is 5.62. The van der Waals surface area contributed by atoms with E-state index in [4.69, 9.17) is 4.74 Å². The normalized spacial score (nSPS) is 20.0. The van der Waals surface area contributed by atoms with Crippen LogP contribution in [0.15, 0.2) is 42.6 Å². The molecular weight excluding hydrogens is 388 g/mol. The Bertz CT molecular complexity index is 865. The van der Waals surface area contributed by atoms with Gasteiger partial charge < -0.3 is 14.5 Å². The first kappa shape index (κ1) is 21.6. The molecule has 0 saturated carbocycles. The minimum Gasteiger partial charge on any atom is -0.494 e. The van der Waals surface area contributed by atoms with Crippen LogP contribution >= 0.6 is 0 Å². The van der Waals surface area contributed by atoms with Crippen molar-refractivity contribution in [3.05, 3.63) is 53.7 Å². The molecule has 1 aromatic carbocycles. The Morgan fingerprint density at radius 1 is 1.13 bits per heavy atom. The number of likely N-dealkylation sites (tertiary alicyclic amines) is 1. The Hall–Kier alpha value is -2.60. The predicted molar refractivity (Wildman–Crippen MR) is 124 cm³/mol. The van der Waals surface area contributed by atoms with Gasteiger partial charge in [-0.1, -0.05) is 6.07 Å². The highest BCUT2D eigenvalue weighted by molar-refractivity contribution is 5.94. The molecule has 1 aromatic heterocycles. The number of anilines is 1. The number of carbonyl (C=O) groups excluding carboxylic acids is 1. The average molecular weight is 423 g/mol. The Balaban J connectivity index is 1.30. The number of aromatic nitrogens is 1. The van der Waals surface area contributed by atoms with Crippen molar-refractivity contribution in [1.29, 1.82) is 0 Å². The lowest BCUT2D eigenvalue weighted by atomic mass is 9.96. The summed E-state index contributed by atoms with van der Waals surface area (Å²) in [6.45, 7) is 11.5. The molecule has 31 heavy (non-hydrogen) atoms. The van der Waals surface area contributed by atoms with Gasteiger partial charge in [0.25, 0.3) is 5.91 Å². The molecule has 2 aliphatic heterocycles. The van der Waals surface area contributed by atoms with Gasteiger partial charge in [0.15, 0.2) is 0 Å². The first-order valence-electron chi connectivity index (χ1n) is 11.5. The molecule has 1 unspecified atom stereocenters. The third-order valence-corrected chi connectivity index (χ3v) is 6.39. The Morgan fingerprint density at radius 2 is 1.97 bits per heavy atom. The molecule has 166 valence electrons. The van der Waals surface area contributed by atoms with E-state index in [2.05, 4.69) is 20.9 Å². The van der Waals surface area contributed by atoms with Crippen LogP contribution in [0.1, 0.15) is 35.7 Å². The molecular formula is C25H34N4O2. The van der Waals surface area contributed by atoms with Crippen LogP contribution in [0.4, 0.5) is 5.82 Å². The van der Waals surface area contributed by atoms with Gasteiger partial charge in [-0.05, 0) is 68.5 Å². The van der Waals surface area contributed by atoms with Crippen LogP contribution in [0.2, 0.25) is 0 Å². The van der Waals surface area contributed by atoms with E-state index in [-0.39, 0.29) is 5.91 Å². The third-order valence-electron chi connectivity index (χ3n) is 6.39. The van der Waals surface area contributed by atoms with Crippen LogP contribution in [-0.2, 0) is 0 Å². The SMILES string of the molecule is CCOc1ccc(C(=O)N2CCCC(CN3CCN(c4ccccn4)CC3)C2)cc1C. The molecule has 2 fully saturated rings. The lowest BCUT2D eigenvalue weighted by Crippen LogP contribution is -2.50. The summed E-state index contributed by atoms with van der Waals surface area (Å²) in [4.78, 5) is 24.6. The molecule has 6 heteroatoms. The van der Waals surface area contributed by atoms with Gasteiger partial charge in [0.05, 0.1) is 6.61 Å². The van der Waals surface area contributed by atoms with Crippen LogP contribution in [0.25, 0.3) is 0 Å². The van der Waals surface area contributed by atoms with Crippen molar-refractivity contribution >= 4 is 11.7 Å². The summed E-state index contributed by atoms with van der Waals surface area (Å²) in [5.74, 6) is 2.63. The van der Waals surface area contributed by atoms with Crippen molar-refractivity contribution in [2.75, 3.05) is 57.3 Å². The highest BCUT2D eigenvalue weighted by Gasteiger charge is 2.27. The molecule has 2 aromatic rings. The van der Waals surface area contributed by atoms with E-state index in [1.54, 1.807) is 0 Å². The van der Waals surface area contributed by atoms with E-state index in [9.17, 15) is 4.79 Å². The molecule has 0 aliphatic carbocycles. The van der Waals surface area contributed by atoms with Gasteiger partial charge >= 0.3 is 0 Å². The fourth-order valence-electron chi connectivity index (χ4n) is 4.75. The fourth-order valence-corrected chi connectivity index (χ4v) is 4.75. The smallest absolute Gasteiger partial charge is 0.253 e. The third kappa shape index (κ3) is 5.37. The minimum absolute atomic E-state index is 0.149. The van der Waals surface area contributed by atoms with Crippen LogP contribution in [-0.4, -0.2) is 73.1 Å². The van der Waals surface area contributed by atoms with Gasteiger partial charge in [0, 0.05) is 57.6 Å². The summed E-state index contributed by atoms with van der Waals surface area (Å²) in [6.07, 6.45) is 4.15. The number of piperazine rings is 1. The fraction of sp³-hybridized carbons (Fsp3) is 0.520. The number of aryl methyl sites for hydroxylation is 1. The van der Waals surface area contributed by atoms with Crippen molar-refractivity contribution in [3.8, 4) is 5.75 Å². The number of carbonyl (C=O) groups is 1. The molecule has 1 amide bonds. The summed E-state index contributed by atoms with van der Waals surface area (Å²) >= 11 is 0. The van der Waals surface area contributed by atoms with Crippen LogP contribution in [0, 0.1) is 12.8 Å². The van der Waals surface area contributed by atoms with Crippen molar-refractivity contribution in [1.82, 2.24) is 14.8 Å². The number of nitrogens with zero attached hydrogens (tertiary/aromatic N) is 4. The zero-order valence-electron chi connectivity index (χ0n) is 18.8. The van der Waals surface area contributed by atoms with Gasteiger partial charge in [0.2, 0.25) is 0 Å². The zero-order chi connectivity index (χ0) is 21.6. The van der Waals surface area contributed by atoms with E-state index in [1.165, 1.54) is 6.42 Å². The highest BCUT2D eigenvalue weighted by atomic mass is 16.5. The summed E-state index contributed by atoms with van der Waals surface area (Å²) in [7, 11) is 0.